The molecule has 1 saturated carbocycles. The van der Waals surface area contributed by atoms with E-state index in [-0.39, 0.29) is 0 Å². The van der Waals surface area contributed by atoms with Crippen LogP contribution in [0, 0.1) is 5.92 Å². The predicted molar refractivity (Wildman–Crippen MR) is 66.7 cm³/mol. The maximum Gasteiger partial charge on any atom is 0.0855 e. The van der Waals surface area contributed by atoms with Gasteiger partial charge in [0.1, 0.15) is 0 Å². The second-order valence-corrected chi connectivity index (χ2v) is 4.36. The van der Waals surface area contributed by atoms with Crippen LogP contribution in [0.5, 0.6) is 0 Å². The van der Waals surface area contributed by atoms with E-state index in [0.29, 0.717) is 5.92 Å². The van der Waals surface area contributed by atoms with E-state index < -0.39 is 0 Å². The van der Waals surface area contributed by atoms with E-state index in [4.69, 9.17) is 5.21 Å². The maximum absolute atomic E-state index is 9.06. The highest BCUT2D eigenvalue weighted by Crippen LogP contribution is 2.27. The molecule has 0 unspecified atom stereocenters. The van der Waals surface area contributed by atoms with Crippen molar-refractivity contribution in [1.82, 2.24) is 0 Å². The van der Waals surface area contributed by atoms with Crippen LogP contribution in [0.1, 0.15) is 31.7 Å². The Kier molecular flexibility index (Phi) is 3.40. The third kappa shape index (κ3) is 2.32. The zero-order valence-electron chi connectivity index (χ0n) is 9.56. The highest BCUT2D eigenvalue weighted by atomic mass is 16.4. The molecule has 1 fully saturated rings. The summed E-state index contributed by atoms with van der Waals surface area (Å²) in [5.41, 5.74) is 3.20. The van der Waals surface area contributed by atoms with Crippen LogP contribution in [0.3, 0.4) is 0 Å². The minimum atomic E-state index is 0.369. The lowest BCUT2D eigenvalue weighted by Gasteiger charge is -2.22. The van der Waals surface area contributed by atoms with Crippen molar-refractivity contribution in [2.24, 2.45) is 11.1 Å². The minimum Gasteiger partial charge on any atom is -0.411 e. The Labute approximate surface area is 96.3 Å². The lowest BCUT2D eigenvalue weighted by atomic mass is 9.84. The number of oxime groups is 1. The van der Waals surface area contributed by atoms with Gasteiger partial charge in [-0.15, -0.1) is 0 Å². The van der Waals surface area contributed by atoms with Gasteiger partial charge in [-0.1, -0.05) is 42.4 Å². The van der Waals surface area contributed by atoms with Gasteiger partial charge in [0.05, 0.1) is 5.71 Å². The number of nitrogens with zero attached hydrogens (tertiary/aromatic N) is 1. The van der Waals surface area contributed by atoms with Crippen molar-refractivity contribution in [2.75, 3.05) is 0 Å². The van der Waals surface area contributed by atoms with Crippen LogP contribution in [0.4, 0.5) is 0 Å². The fourth-order valence-corrected chi connectivity index (χ4v) is 2.24. The molecule has 1 atom stereocenters. The first-order chi connectivity index (χ1) is 7.81. The summed E-state index contributed by atoms with van der Waals surface area (Å²) in [4.78, 5) is 0. The molecule has 1 aromatic rings. The Balaban J connectivity index is 2.29. The fourth-order valence-electron chi connectivity index (χ4n) is 2.24. The van der Waals surface area contributed by atoms with Crippen LogP contribution in [0.25, 0.3) is 6.08 Å². The third-order valence-corrected chi connectivity index (χ3v) is 3.13. The summed E-state index contributed by atoms with van der Waals surface area (Å²) in [5.74, 6) is 0.369. The molecule has 2 rings (SSSR count). The lowest BCUT2D eigenvalue weighted by Crippen LogP contribution is -2.19. The number of allylic oxidation sites excluding steroid dienone is 1. The highest BCUT2D eigenvalue weighted by Gasteiger charge is 2.21. The molecule has 0 aliphatic heterocycles. The molecule has 2 nitrogen and oxygen atoms in total. The molecule has 0 amide bonds. The molecule has 0 bridgehead atoms. The molecule has 2 heteroatoms. The largest absolute Gasteiger partial charge is 0.411 e. The van der Waals surface area contributed by atoms with Gasteiger partial charge in [0.15, 0.2) is 0 Å². The summed E-state index contributed by atoms with van der Waals surface area (Å²) in [6.07, 6.45) is 5.44. The topological polar surface area (TPSA) is 32.6 Å². The number of rotatable bonds is 1. The molecule has 0 aromatic heterocycles. The standard InChI is InChI=1S/C14H17NO/c1-11-6-5-9-13(14(11)15-16)10-12-7-3-2-4-8-12/h2-4,7-8,10-11,16H,5-6,9H2,1H3/b13-10+,15-14-/t11-/m1/s1. The van der Waals surface area contributed by atoms with Crippen molar-refractivity contribution >= 4 is 11.8 Å². The molecule has 1 N–H and O–H groups in total. The first-order valence-corrected chi connectivity index (χ1v) is 5.79. The van der Waals surface area contributed by atoms with E-state index >= 15 is 0 Å². The minimum absolute atomic E-state index is 0.369. The second-order valence-electron chi connectivity index (χ2n) is 4.36. The van der Waals surface area contributed by atoms with Crippen LogP contribution in [0.15, 0.2) is 41.1 Å². The van der Waals surface area contributed by atoms with Gasteiger partial charge >= 0.3 is 0 Å². The Morgan fingerprint density at radius 1 is 1.31 bits per heavy atom. The van der Waals surface area contributed by atoms with E-state index in [1.165, 1.54) is 17.6 Å². The number of benzene rings is 1. The normalized spacial score (nSPS) is 26.2. The molecule has 1 aliphatic carbocycles. The monoisotopic (exact) mass is 215 g/mol. The lowest BCUT2D eigenvalue weighted by molar-refractivity contribution is 0.313. The van der Waals surface area contributed by atoms with Crippen LogP contribution in [-0.2, 0) is 0 Å². The van der Waals surface area contributed by atoms with Crippen LogP contribution < -0.4 is 0 Å². The van der Waals surface area contributed by atoms with Gasteiger partial charge in [0.25, 0.3) is 0 Å². The van der Waals surface area contributed by atoms with Gasteiger partial charge in [-0.2, -0.15) is 0 Å². The predicted octanol–water partition coefficient (Wildman–Crippen LogP) is 3.72. The molecule has 0 radical (unpaired) electrons. The second kappa shape index (κ2) is 4.97. The first-order valence-electron chi connectivity index (χ1n) is 5.79. The Hall–Kier alpha value is -1.57. The van der Waals surface area contributed by atoms with E-state index in [2.05, 4.69) is 30.3 Å². The van der Waals surface area contributed by atoms with E-state index in [1.807, 2.05) is 18.2 Å². The SMILES string of the molecule is C[C@@H]1CCCC(=C\c2ccccc2)/C1=N\O. The Morgan fingerprint density at radius 2 is 2.06 bits per heavy atom. The molecule has 0 saturated heterocycles. The maximum atomic E-state index is 9.06. The summed E-state index contributed by atoms with van der Waals surface area (Å²) >= 11 is 0. The molecule has 16 heavy (non-hydrogen) atoms. The molecule has 0 spiro atoms. The third-order valence-electron chi connectivity index (χ3n) is 3.13. The summed E-state index contributed by atoms with van der Waals surface area (Å²) in [6.45, 7) is 2.12. The van der Waals surface area contributed by atoms with Gasteiger partial charge < -0.3 is 5.21 Å². The smallest absolute Gasteiger partial charge is 0.0855 e. The fraction of sp³-hybridized carbons (Fsp3) is 0.357. The van der Waals surface area contributed by atoms with Gasteiger partial charge in [-0.25, -0.2) is 0 Å². The Morgan fingerprint density at radius 3 is 2.75 bits per heavy atom. The van der Waals surface area contributed by atoms with E-state index in [9.17, 15) is 0 Å². The van der Waals surface area contributed by atoms with E-state index in [0.717, 1.165) is 18.6 Å². The van der Waals surface area contributed by atoms with Gasteiger partial charge in [-0.3, -0.25) is 0 Å². The van der Waals surface area contributed by atoms with Crippen LogP contribution >= 0.6 is 0 Å². The van der Waals surface area contributed by atoms with Crippen molar-refractivity contribution in [3.05, 3.63) is 41.5 Å². The zero-order valence-corrected chi connectivity index (χ0v) is 9.56. The average Bonchev–Trinajstić information content (AvgIpc) is 2.31. The van der Waals surface area contributed by atoms with Crippen molar-refractivity contribution in [3.8, 4) is 0 Å². The van der Waals surface area contributed by atoms with Crippen LogP contribution in [0.2, 0.25) is 0 Å². The molecule has 1 aromatic carbocycles. The van der Waals surface area contributed by atoms with Gasteiger partial charge in [0.2, 0.25) is 0 Å². The summed E-state index contributed by atoms with van der Waals surface area (Å²) in [6, 6.07) is 10.2. The van der Waals surface area contributed by atoms with E-state index in [1.54, 1.807) is 0 Å². The number of hydrogen-bond donors (Lipinski definition) is 1. The summed E-state index contributed by atoms with van der Waals surface area (Å²) in [7, 11) is 0. The molecular weight excluding hydrogens is 198 g/mol. The summed E-state index contributed by atoms with van der Waals surface area (Å²) in [5, 5.41) is 12.5. The molecular formula is C14H17NO. The van der Waals surface area contributed by atoms with Crippen molar-refractivity contribution in [1.29, 1.82) is 0 Å². The Bertz CT molecular complexity index is 406. The van der Waals surface area contributed by atoms with Crippen LogP contribution in [-0.4, -0.2) is 10.9 Å². The first kappa shape index (κ1) is 10.9. The van der Waals surface area contributed by atoms with Crippen molar-refractivity contribution in [3.63, 3.8) is 0 Å². The quantitative estimate of drug-likeness (QED) is 0.562. The van der Waals surface area contributed by atoms with Gasteiger partial charge in [-0.05, 0) is 36.5 Å². The molecule has 1 aliphatic rings. The van der Waals surface area contributed by atoms with Crippen molar-refractivity contribution < 1.29 is 5.21 Å². The average molecular weight is 215 g/mol. The number of hydrogen-bond acceptors (Lipinski definition) is 2. The van der Waals surface area contributed by atoms with Gasteiger partial charge in [0, 0.05) is 5.92 Å². The molecule has 84 valence electrons. The zero-order chi connectivity index (χ0) is 11.4. The highest BCUT2D eigenvalue weighted by molar-refractivity contribution is 6.05. The van der Waals surface area contributed by atoms with Crippen molar-refractivity contribution in [2.45, 2.75) is 26.2 Å². The summed E-state index contributed by atoms with van der Waals surface area (Å²) < 4.78 is 0. The molecule has 0 heterocycles.